The number of pyridine rings is 1. The van der Waals surface area contributed by atoms with Crippen molar-refractivity contribution in [3.8, 4) is 0 Å². The monoisotopic (exact) mass is 293 g/mol. The average molecular weight is 293 g/mol. The third-order valence-electron chi connectivity index (χ3n) is 2.90. The van der Waals surface area contributed by atoms with E-state index in [1.807, 2.05) is 0 Å². The first-order valence-corrected chi connectivity index (χ1v) is 7.26. The SMILES string of the molecule is CNc1cc(C(F)(F)F)cc(N2CCS(=O)CC2)n1. The van der Waals surface area contributed by atoms with Crippen LogP contribution in [-0.4, -0.2) is 40.8 Å². The van der Waals surface area contributed by atoms with E-state index in [0.717, 1.165) is 12.1 Å². The first-order valence-electron chi connectivity index (χ1n) is 5.77. The van der Waals surface area contributed by atoms with Crippen LogP contribution >= 0.6 is 0 Å². The average Bonchev–Trinajstić information content (AvgIpc) is 2.38. The maximum atomic E-state index is 12.8. The van der Waals surface area contributed by atoms with Crippen molar-refractivity contribution in [2.45, 2.75) is 6.18 Å². The molecule has 0 aromatic carbocycles. The molecule has 0 unspecified atom stereocenters. The molecule has 1 saturated heterocycles. The molecule has 2 rings (SSSR count). The smallest absolute Gasteiger partial charge is 0.373 e. The molecule has 1 aromatic heterocycles. The molecule has 0 radical (unpaired) electrons. The molecule has 0 aliphatic carbocycles. The van der Waals surface area contributed by atoms with E-state index in [0.29, 0.717) is 24.6 Å². The van der Waals surface area contributed by atoms with Gasteiger partial charge in [0.25, 0.3) is 0 Å². The summed E-state index contributed by atoms with van der Waals surface area (Å²) in [6, 6.07) is 2.01. The molecular formula is C11H14F3N3OS. The molecule has 106 valence electrons. The zero-order valence-electron chi connectivity index (χ0n) is 10.3. The molecule has 1 fully saturated rings. The number of anilines is 2. The minimum atomic E-state index is -4.40. The second kappa shape index (κ2) is 5.36. The standard InChI is InChI=1S/C11H14F3N3OS/c1-15-9-6-8(11(12,13)14)7-10(16-9)17-2-4-19(18)5-3-17/h6-7H,2-5H2,1H3,(H,15,16). The van der Waals surface area contributed by atoms with Gasteiger partial charge in [-0.05, 0) is 12.1 Å². The van der Waals surface area contributed by atoms with Gasteiger partial charge < -0.3 is 10.2 Å². The zero-order chi connectivity index (χ0) is 14.0. The van der Waals surface area contributed by atoms with Crippen LogP contribution in [0.15, 0.2) is 12.1 Å². The predicted molar refractivity (Wildman–Crippen MR) is 68.9 cm³/mol. The Morgan fingerprint density at radius 1 is 1.32 bits per heavy atom. The van der Waals surface area contributed by atoms with Crippen LogP contribution in [0.25, 0.3) is 0 Å². The van der Waals surface area contributed by atoms with E-state index in [1.54, 1.807) is 4.90 Å². The van der Waals surface area contributed by atoms with Gasteiger partial charge in [0.15, 0.2) is 0 Å². The van der Waals surface area contributed by atoms with Crippen LogP contribution in [0.4, 0.5) is 24.8 Å². The molecule has 1 aliphatic heterocycles. The number of aromatic nitrogens is 1. The van der Waals surface area contributed by atoms with Gasteiger partial charge in [-0.2, -0.15) is 13.2 Å². The lowest BCUT2D eigenvalue weighted by Crippen LogP contribution is -2.38. The van der Waals surface area contributed by atoms with E-state index in [2.05, 4.69) is 10.3 Å². The number of hydrogen-bond acceptors (Lipinski definition) is 4. The van der Waals surface area contributed by atoms with E-state index in [-0.39, 0.29) is 11.6 Å². The van der Waals surface area contributed by atoms with Crippen LogP contribution in [0.2, 0.25) is 0 Å². The van der Waals surface area contributed by atoms with Crippen LogP contribution < -0.4 is 10.2 Å². The van der Waals surface area contributed by atoms with Gasteiger partial charge in [0.2, 0.25) is 0 Å². The normalized spacial score (nSPS) is 17.6. The fourth-order valence-electron chi connectivity index (χ4n) is 1.84. The molecule has 0 bridgehead atoms. The molecule has 1 aromatic rings. The highest BCUT2D eigenvalue weighted by molar-refractivity contribution is 7.85. The summed E-state index contributed by atoms with van der Waals surface area (Å²) in [4.78, 5) is 5.86. The Hall–Kier alpha value is -1.31. The molecule has 0 atom stereocenters. The first-order chi connectivity index (χ1) is 8.90. The van der Waals surface area contributed by atoms with E-state index in [4.69, 9.17) is 0 Å². The Labute approximate surface area is 111 Å². The van der Waals surface area contributed by atoms with E-state index in [1.165, 1.54) is 7.05 Å². The van der Waals surface area contributed by atoms with Crippen LogP contribution in [0.3, 0.4) is 0 Å². The molecule has 8 heteroatoms. The lowest BCUT2D eigenvalue weighted by Gasteiger charge is -2.28. The summed E-state index contributed by atoms with van der Waals surface area (Å²) in [7, 11) is 0.654. The van der Waals surface area contributed by atoms with Crippen molar-refractivity contribution in [2.75, 3.05) is 41.9 Å². The van der Waals surface area contributed by atoms with E-state index in [9.17, 15) is 17.4 Å². The topological polar surface area (TPSA) is 45.2 Å². The van der Waals surface area contributed by atoms with Crippen molar-refractivity contribution in [3.05, 3.63) is 17.7 Å². The van der Waals surface area contributed by atoms with Crippen molar-refractivity contribution in [2.24, 2.45) is 0 Å². The largest absolute Gasteiger partial charge is 0.416 e. The molecule has 1 N–H and O–H groups in total. The summed E-state index contributed by atoms with van der Waals surface area (Å²) in [6.45, 7) is 0.925. The van der Waals surface area contributed by atoms with Crippen LogP contribution in [0.1, 0.15) is 5.56 Å². The Balaban J connectivity index is 2.32. The first kappa shape index (κ1) is 14.1. The van der Waals surface area contributed by atoms with Gasteiger partial charge in [-0.25, -0.2) is 4.98 Å². The molecule has 4 nitrogen and oxygen atoms in total. The number of hydrogen-bond donors (Lipinski definition) is 1. The fourth-order valence-corrected chi connectivity index (χ4v) is 2.89. The molecule has 1 aliphatic rings. The third-order valence-corrected chi connectivity index (χ3v) is 4.17. The van der Waals surface area contributed by atoms with Gasteiger partial charge in [0, 0.05) is 42.4 Å². The quantitative estimate of drug-likeness (QED) is 0.901. The predicted octanol–water partition coefficient (Wildman–Crippen LogP) is 1.71. The maximum absolute atomic E-state index is 12.8. The zero-order valence-corrected chi connectivity index (χ0v) is 11.1. The Bertz CT molecular complexity index is 483. The molecule has 2 heterocycles. The van der Waals surface area contributed by atoms with Crippen molar-refractivity contribution in [1.29, 1.82) is 0 Å². The van der Waals surface area contributed by atoms with Gasteiger partial charge >= 0.3 is 6.18 Å². The summed E-state index contributed by atoms with van der Waals surface area (Å²) >= 11 is 0. The van der Waals surface area contributed by atoms with Gasteiger partial charge in [-0.15, -0.1) is 0 Å². The third kappa shape index (κ3) is 3.37. The van der Waals surface area contributed by atoms with Gasteiger partial charge in [-0.3, -0.25) is 4.21 Å². The molecular weight excluding hydrogens is 279 g/mol. The summed E-state index contributed by atoms with van der Waals surface area (Å²) in [5, 5.41) is 2.63. The summed E-state index contributed by atoms with van der Waals surface area (Å²) in [5.74, 6) is 1.38. The Morgan fingerprint density at radius 3 is 2.47 bits per heavy atom. The lowest BCUT2D eigenvalue weighted by molar-refractivity contribution is -0.137. The minimum absolute atomic E-state index is 0.177. The molecule has 0 spiro atoms. The number of halogens is 3. The van der Waals surface area contributed by atoms with Crippen LogP contribution in [-0.2, 0) is 17.0 Å². The molecule has 19 heavy (non-hydrogen) atoms. The van der Waals surface area contributed by atoms with E-state index < -0.39 is 22.5 Å². The Morgan fingerprint density at radius 2 is 1.95 bits per heavy atom. The molecule has 0 amide bonds. The fraction of sp³-hybridized carbons (Fsp3) is 0.545. The van der Waals surface area contributed by atoms with Crippen molar-refractivity contribution in [3.63, 3.8) is 0 Å². The van der Waals surface area contributed by atoms with Gasteiger partial charge in [0.1, 0.15) is 11.6 Å². The lowest BCUT2D eigenvalue weighted by atomic mass is 10.2. The number of rotatable bonds is 2. The van der Waals surface area contributed by atoms with Crippen molar-refractivity contribution in [1.82, 2.24) is 4.98 Å². The number of nitrogens with zero attached hydrogens (tertiary/aromatic N) is 2. The highest BCUT2D eigenvalue weighted by Crippen LogP contribution is 2.33. The highest BCUT2D eigenvalue weighted by atomic mass is 32.2. The number of alkyl halides is 3. The van der Waals surface area contributed by atoms with Gasteiger partial charge in [0.05, 0.1) is 5.56 Å². The van der Waals surface area contributed by atoms with Crippen LogP contribution in [0.5, 0.6) is 0 Å². The Kier molecular flexibility index (Phi) is 3.98. The van der Waals surface area contributed by atoms with Crippen molar-refractivity contribution >= 4 is 22.4 Å². The summed E-state index contributed by atoms with van der Waals surface area (Å²) in [5.41, 5.74) is -0.728. The van der Waals surface area contributed by atoms with Gasteiger partial charge in [-0.1, -0.05) is 0 Å². The van der Waals surface area contributed by atoms with E-state index >= 15 is 0 Å². The second-order valence-electron chi connectivity index (χ2n) is 4.18. The number of nitrogens with one attached hydrogen (secondary N) is 1. The summed E-state index contributed by atoms with van der Waals surface area (Å²) in [6.07, 6.45) is -4.40. The molecule has 0 saturated carbocycles. The minimum Gasteiger partial charge on any atom is -0.373 e. The summed E-state index contributed by atoms with van der Waals surface area (Å²) < 4.78 is 49.6. The second-order valence-corrected chi connectivity index (χ2v) is 5.88. The van der Waals surface area contributed by atoms with Crippen molar-refractivity contribution < 1.29 is 17.4 Å². The van der Waals surface area contributed by atoms with Crippen LogP contribution in [0, 0.1) is 0 Å². The maximum Gasteiger partial charge on any atom is 0.416 e. The highest BCUT2D eigenvalue weighted by Gasteiger charge is 2.32.